The molecule has 0 atom stereocenters. The summed E-state index contributed by atoms with van der Waals surface area (Å²) in [5, 5.41) is 24.8. The summed E-state index contributed by atoms with van der Waals surface area (Å²) in [4.78, 5) is 30.1. The smallest absolute Gasteiger partial charge is 0.308 e. The molecule has 0 amide bonds. The monoisotopic (exact) mass is 480 g/mol. The van der Waals surface area contributed by atoms with Crippen molar-refractivity contribution in [1.29, 1.82) is 0 Å². The van der Waals surface area contributed by atoms with Crippen molar-refractivity contribution in [2.45, 2.75) is 62.3 Å². The minimum Gasteiger partial charge on any atom is -0.481 e. The van der Waals surface area contributed by atoms with Crippen molar-refractivity contribution in [3.05, 3.63) is 0 Å². The molecule has 0 radical (unpaired) electrons. The van der Waals surface area contributed by atoms with Gasteiger partial charge in [-0.15, -0.1) is 0 Å². The Morgan fingerprint density at radius 3 is 0.545 bits per heavy atom. The number of carboxylic acid groups (broad SMARTS) is 3. The minimum absolute atomic E-state index is 0. The van der Waals surface area contributed by atoms with Crippen LogP contribution < -0.4 is 0 Å². The Labute approximate surface area is 171 Å². The van der Waals surface area contributed by atoms with E-state index in [0.717, 1.165) is 0 Å². The fourth-order valence-electron chi connectivity index (χ4n) is 0. The van der Waals surface area contributed by atoms with Crippen molar-refractivity contribution in [1.82, 2.24) is 0 Å². The van der Waals surface area contributed by atoms with Gasteiger partial charge in [0.25, 0.3) is 0 Å². The van der Waals surface area contributed by atoms with Crippen molar-refractivity contribution in [2.24, 2.45) is 16.2 Å². The van der Waals surface area contributed by atoms with Crippen molar-refractivity contribution >= 4 is 17.9 Å². The first-order valence-corrected chi connectivity index (χ1v) is 6.53. The molecule has 6 nitrogen and oxygen atoms in total. The molecule has 0 aliphatic heterocycles. The molecule has 7 heteroatoms. The number of hydrogen-bond donors (Lipinski definition) is 3. The van der Waals surface area contributed by atoms with Crippen LogP contribution in [-0.4, -0.2) is 33.2 Å². The molecule has 0 bridgehead atoms. The van der Waals surface area contributed by atoms with Crippen LogP contribution in [0.1, 0.15) is 62.3 Å². The average molecular weight is 479 g/mol. The molecule has 22 heavy (non-hydrogen) atoms. The Morgan fingerprint density at radius 1 is 0.500 bits per heavy atom. The van der Waals surface area contributed by atoms with Crippen LogP contribution in [0.25, 0.3) is 0 Å². The zero-order valence-electron chi connectivity index (χ0n) is 14.8. The third-order valence-electron chi connectivity index (χ3n) is 1.92. The summed E-state index contributed by atoms with van der Waals surface area (Å²) in [6.07, 6.45) is 0. The van der Waals surface area contributed by atoms with E-state index in [1.165, 1.54) is 0 Å². The molecule has 0 unspecified atom stereocenters. The zero-order chi connectivity index (χ0) is 18.2. The summed E-state index contributed by atoms with van der Waals surface area (Å²) in [7, 11) is 0. The van der Waals surface area contributed by atoms with E-state index in [1.807, 2.05) is 0 Å². The summed E-state index contributed by atoms with van der Waals surface area (Å²) < 4.78 is 0. The van der Waals surface area contributed by atoms with E-state index in [4.69, 9.17) is 15.3 Å². The van der Waals surface area contributed by atoms with Crippen LogP contribution in [0.2, 0.25) is 0 Å². The van der Waals surface area contributed by atoms with E-state index in [9.17, 15) is 14.4 Å². The van der Waals surface area contributed by atoms with Crippen LogP contribution in [0, 0.1) is 63.2 Å². The summed E-state index contributed by atoms with van der Waals surface area (Å²) in [5.41, 5.74) is -1.75. The van der Waals surface area contributed by atoms with E-state index in [0.29, 0.717) is 0 Å². The molecule has 0 aliphatic rings. The van der Waals surface area contributed by atoms with Gasteiger partial charge in [0, 0.05) is 46.9 Å². The number of hydrogen-bond acceptors (Lipinski definition) is 3. The molecule has 0 rings (SSSR count). The molecule has 0 aromatic rings. The largest absolute Gasteiger partial charge is 0.481 e. The maximum absolute atomic E-state index is 10.0. The summed E-state index contributed by atoms with van der Waals surface area (Å²) in [6, 6.07) is 0. The number of rotatable bonds is 0. The molecule has 0 aromatic heterocycles. The predicted octanol–water partition coefficient (Wildman–Crippen LogP) is 3.35. The van der Waals surface area contributed by atoms with E-state index in [1.54, 1.807) is 62.3 Å². The summed E-state index contributed by atoms with van der Waals surface area (Å²) in [5.74, 6) is -2.27. The number of carboxylic acids is 3. The standard InChI is InChI=1S/3C5H10O2.Yb/c3*1-5(2,3)4(6)7;/h3*1-3H3,(H,6,7);. The van der Waals surface area contributed by atoms with Crippen LogP contribution in [0.4, 0.5) is 0 Å². The van der Waals surface area contributed by atoms with Gasteiger partial charge >= 0.3 is 17.9 Å². The van der Waals surface area contributed by atoms with Gasteiger partial charge in [-0.2, -0.15) is 0 Å². The van der Waals surface area contributed by atoms with Crippen LogP contribution in [0.15, 0.2) is 0 Å². The second-order valence-corrected chi connectivity index (χ2v) is 7.67. The van der Waals surface area contributed by atoms with E-state index in [2.05, 4.69) is 0 Å². The molecule has 0 saturated heterocycles. The van der Waals surface area contributed by atoms with Crippen molar-refractivity contribution < 1.29 is 76.6 Å². The van der Waals surface area contributed by atoms with Gasteiger partial charge in [-0.05, 0) is 62.3 Å². The third-order valence-corrected chi connectivity index (χ3v) is 1.92. The molecule has 0 aliphatic carbocycles. The minimum atomic E-state index is -0.757. The van der Waals surface area contributed by atoms with Gasteiger partial charge in [-0.3, -0.25) is 14.4 Å². The molecule has 0 saturated carbocycles. The fraction of sp³-hybridized carbons (Fsp3) is 0.800. The second-order valence-electron chi connectivity index (χ2n) is 7.67. The maximum atomic E-state index is 10.0. The van der Waals surface area contributed by atoms with E-state index < -0.39 is 34.2 Å². The first-order valence-electron chi connectivity index (χ1n) is 6.53. The Kier molecular flexibility index (Phi) is 15.6. The maximum Gasteiger partial charge on any atom is 0.308 e. The normalized spacial score (nSPS) is 10.8. The van der Waals surface area contributed by atoms with Crippen LogP contribution in [0.5, 0.6) is 0 Å². The summed E-state index contributed by atoms with van der Waals surface area (Å²) >= 11 is 0. The van der Waals surface area contributed by atoms with E-state index >= 15 is 0 Å². The predicted molar refractivity (Wildman–Crippen MR) is 81.3 cm³/mol. The molecule has 140 valence electrons. The SMILES string of the molecule is CC(C)(C)C(=O)O.CC(C)(C)C(=O)O.CC(C)(C)C(=O)O.[Yb]. The quantitative estimate of drug-likeness (QED) is 0.491. The zero-order valence-corrected chi connectivity index (χ0v) is 16.5. The van der Waals surface area contributed by atoms with E-state index in [-0.39, 0.29) is 46.9 Å². The Bertz CT molecular complexity index is 299. The van der Waals surface area contributed by atoms with Gasteiger partial charge in [-0.25, -0.2) is 0 Å². The Morgan fingerprint density at radius 2 is 0.545 bits per heavy atom. The van der Waals surface area contributed by atoms with Gasteiger partial charge < -0.3 is 15.3 Å². The molecule has 3 N–H and O–H groups in total. The van der Waals surface area contributed by atoms with Crippen molar-refractivity contribution in [2.75, 3.05) is 0 Å². The van der Waals surface area contributed by atoms with Gasteiger partial charge in [0.05, 0.1) is 16.2 Å². The van der Waals surface area contributed by atoms with Crippen molar-refractivity contribution in [3.8, 4) is 0 Å². The first-order chi connectivity index (χ1) is 8.83. The summed E-state index contributed by atoms with van der Waals surface area (Å²) in [6.45, 7) is 15.0. The number of aliphatic carboxylic acids is 3. The first kappa shape index (κ1) is 29.9. The Hall–Kier alpha value is -0.0705. The molecule has 0 spiro atoms. The molecule has 0 aromatic carbocycles. The fourth-order valence-corrected chi connectivity index (χ4v) is 0. The molecule has 0 heterocycles. The molecular weight excluding hydrogens is 449 g/mol. The topological polar surface area (TPSA) is 112 Å². The van der Waals surface area contributed by atoms with Crippen molar-refractivity contribution in [3.63, 3.8) is 0 Å². The van der Waals surface area contributed by atoms with Gasteiger partial charge in [-0.1, -0.05) is 0 Å². The Balaban J connectivity index is -0.000000108. The van der Waals surface area contributed by atoms with Crippen LogP contribution in [-0.2, 0) is 14.4 Å². The average Bonchev–Trinajstić information content (AvgIpc) is 2.14. The van der Waals surface area contributed by atoms with Crippen LogP contribution in [0.3, 0.4) is 0 Å². The van der Waals surface area contributed by atoms with Gasteiger partial charge in [0.1, 0.15) is 0 Å². The van der Waals surface area contributed by atoms with Crippen LogP contribution >= 0.6 is 0 Å². The number of carbonyl (C=O) groups is 3. The second kappa shape index (κ2) is 11.5. The third kappa shape index (κ3) is 22.2. The molecule has 0 fully saturated rings. The molecular formula is C15H30O6Yb. The van der Waals surface area contributed by atoms with Gasteiger partial charge in [0.2, 0.25) is 0 Å². The van der Waals surface area contributed by atoms with Gasteiger partial charge in [0.15, 0.2) is 0 Å².